The fourth-order valence-electron chi connectivity index (χ4n) is 1.07. The number of hydrogen-bond acceptors (Lipinski definition) is 3. The molecule has 0 spiro atoms. The molecule has 15 heavy (non-hydrogen) atoms. The molecule has 0 aliphatic carbocycles. The first kappa shape index (κ1) is 11.6. The Balaban J connectivity index is 2.76. The minimum Gasteiger partial charge on any atom is -0.427 e. The van der Waals surface area contributed by atoms with Crippen LogP contribution in [0.1, 0.15) is 18.5 Å². The van der Waals surface area contributed by atoms with Crippen LogP contribution in [0.2, 0.25) is 0 Å². The van der Waals surface area contributed by atoms with E-state index in [1.165, 1.54) is 31.2 Å². The summed E-state index contributed by atoms with van der Waals surface area (Å²) in [6, 6.07) is 4.37. The second-order valence-corrected chi connectivity index (χ2v) is 3.02. The summed E-state index contributed by atoms with van der Waals surface area (Å²) in [6.07, 6.45) is -2.61. The average Bonchev–Trinajstić information content (AvgIpc) is 2.17. The van der Waals surface area contributed by atoms with Crippen molar-refractivity contribution in [2.75, 3.05) is 0 Å². The van der Waals surface area contributed by atoms with Crippen molar-refractivity contribution >= 4 is 5.97 Å². The lowest BCUT2D eigenvalue weighted by molar-refractivity contribution is -0.131. The number of alkyl halides is 2. The van der Waals surface area contributed by atoms with Crippen LogP contribution in [0.4, 0.5) is 8.78 Å². The third-order valence-corrected chi connectivity index (χ3v) is 1.80. The van der Waals surface area contributed by atoms with Crippen LogP contribution in [-0.2, 0) is 4.79 Å². The normalized spacial score (nSPS) is 12.6. The maximum Gasteiger partial charge on any atom is 0.308 e. The Morgan fingerprint density at radius 1 is 1.33 bits per heavy atom. The van der Waals surface area contributed by atoms with Crippen molar-refractivity contribution in [3.63, 3.8) is 0 Å². The number of carbonyl (C=O) groups is 1. The molecule has 0 amide bonds. The van der Waals surface area contributed by atoms with E-state index >= 15 is 0 Å². The van der Waals surface area contributed by atoms with Crippen LogP contribution in [-0.4, -0.2) is 12.4 Å². The van der Waals surface area contributed by atoms with E-state index in [0.717, 1.165) is 0 Å². The molecule has 0 saturated heterocycles. The number of ether oxygens (including phenoxy) is 1. The van der Waals surface area contributed by atoms with Crippen molar-refractivity contribution in [1.29, 1.82) is 0 Å². The van der Waals surface area contributed by atoms with Gasteiger partial charge in [-0.15, -0.1) is 0 Å². The monoisotopic (exact) mass is 215 g/mol. The SMILES string of the molecule is CC(=O)Oc1ccc([C@@H](N)C(F)F)cc1. The second-order valence-electron chi connectivity index (χ2n) is 3.02. The summed E-state index contributed by atoms with van der Waals surface area (Å²) in [6.45, 7) is 1.26. The Labute approximate surface area is 85.8 Å². The van der Waals surface area contributed by atoms with Gasteiger partial charge in [-0.1, -0.05) is 12.1 Å². The lowest BCUT2D eigenvalue weighted by Crippen LogP contribution is -2.18. The van der Waals surface area contributed by atoms with Gasteiger partial charge in [-0.2, -0.15) is 0 Å². The van der Waals surface area contributed by atoms with Crippen LogP contribution >= 0.6 is 0 Å². The molecule has 0 fully saturated rings. The van der Waals surface area contributed by atoms with Crippen molar-refractivity contribution < 1.29 is 18.3 Å². The van der Waals surface area contributed by atoms with E-state index < -0.39 is 18.4 Å². The van der Waals surface area contributed by atoms with E-state index in [1.807, 2.05) is 0 Å². The van der Waals surface area contributed by atoms with Crippen molar-refractivity contribution in [2.45, 2.75) is 19.4 Å². The lowest BCUT2D eigenvalue weighted by Gasteiger charge is -2.10. The molecule has 0 aliphatic rings. The van der Waals surface area contributed by atoms with Gasteiger partial charge in [-0.3, -0.25) is 4.79 Å². The highest BCUT2D eigenvalue weighted by molar-refractivity contribution is 5.69. The summed E-state index contributed by atoms with van der Waals surface area (Å²) in [4.78, 5) is 10.6. The van der Waals surface area contributed by atoms with Crippen LogP contribution in [0.3, 0.4) is 0 Å². The molecule has 0 aliphatic heterocycles. The fourth-order valence-corrected chi connectivity index (χ4v) is 1.07. The molecule has 0 heterocycles. The molecule has 0 aromatic heterocycles. The first-order valence-corrected chi connectivity index (χ1v) is 4.33. The molecule has 0 radical (unpaired) electrons. The van der Waals surface area contributed by atoms with Crippen LogP contribution in [0, 0.1) is 0 Å². The smallest absolute Gasteiger partial charge is 0.308 e. The Kier molecular flexibility index (Phi) is 3.74. The van der Waals surface area contributed by atoms with Gasteiger partial charge in [-0.25, -0.2) is 8.78 Å². The molecule has 0 bridgehead atoms. The molecule has 3 nitrogen and oxygen atoms in total. The van der Waals surface area contributed by atoms with Gasteiger partial charge in [0, 0.05) is 6.92 Å². The molecule has 1 rings (SSSR count). The number of rotatable bonds is 3. The lowest BCUT2D eigenvalue weighted by atomic mass is 10.1. The number of nitrogens with two attached hydrogens (primary N) is 1. The van der Waals surface area contributed by atoms with Crippen molar-refractivity contribution in [1.82, 2.24) is 0 Å². The zero-order valence-electron chi connectivity index (χ0n) is 8.11. The van der Waals surface area contributed by atoms with E-state index in [4.69, 9.17) is 10.5 Å². The Bertz CT molecular complexity index is 338. The van der Waals surface area contributed by atoms with Gasteiger partial charge < -0.3 is 10.5 Å². The predicted molar refractivity (Wildman–Crippen MR) is 50.7 cm³/mol. The third kappa shape index (κ3) is 3.28. The molecular weight excluding hydrogens is 204 g/mol. The summed E-state index contributed by atoms with van der Waals surface area (Å²) >= 11 is 0. The molecule has 1 atom stereocenters. The highest BCUT2D eigenvalue weighted by Gasteiger charge is 2.17. The van der Waals surface area contributed by atoms with Gasteiger partial charge >= 0.3 is 5.97 Å². The van der Waals surface area contributed by atoms with Crippen LogP contribution in [0.25, 0.3) is 0 Å². The van der Waals surface area contributed by atoms with Crippen LogP contribution < -0.4 is 10.5 Å². The first-order chi connectivity index (χ1) is 7.00. The third-order valence-electron chi connectivity index (χ3n) is 1.80. The standard InChI is InChI=1S/C10H11F2NO2/c1-6(14)15-8-4-2-7(3-5-8)9(13)10(11)12/h2-5,9-10H,13H2,1H3/t9-/m1/s1. The summed E-state index contributed by atoms with van der Waals surface area (Å²) in [5, 5.41) is 0. The summed E-state index contributed by atoms with van der Waals surface area (Å²) < 4.78 is 29.2. The topological polar surface area (TPSA) is 52.3 Å². The number of carbonyl (C=O) groups excluding carboxylic acids is 1. The van der Waals surface area contributed by atoms with E-state index in [9.17, 15) is 13.6 Å². The van der Waals surface area contributed by atoms with Gasteiger partial charge in [0.15, 0.2) is 0 Å². The van der Waals surface area contributed by atoms with Crippen molar-refractivity contribution in [2.24, 2.45) is 5.73 Å². The number of esters is 1. The molecule has 5 heteroatoms. The highest BCUT2D eigenvalue weighted by Crippen LogP contribution is 2.20. The minimum absolute atomic E-state index is 0.306. The molecule has 2 N–H and O–H groups in total. The first-order valence-electron chi connectivity index (χ1n) is 4.33. The highest BCUT2D eigenvalue weighted by atomic mass is 19.3. The second kappa shape index (κ2) is 4.84. The van der Waals surface area contributed by atoms with Gasteiger partial charge in [0.1, 0.15) is 5.75 Å². The summed E-state index contributed by atoms with van der Waals surface area (Å²) in [7, 11) is 0. The predicted octanol–water partition coefficient (Wildman–Crippen LogP) is 1.88. The van der Waals surface area contributed by atoms with E-state index in [2.05, 4.69) is 0 Å². The number of benzene rings is 1. The Morgan fingerprint density at radius 3 is 2.27 bits per heavy atom. The Morgan fingerprint density at radius 2 is 1.87 bits per heavy atom. The van der Waals surface area contributed by atoms with E-state index in [-0.39, 0.29) is 0 Å². The zero-order chi connectivity index (χ0) is 11.4. The van der Waals surface area contributed by atoms with Gasteiger partial charge in [-0.05, 0) is 17.7 Å². The molecular formula is C10H11F2NO2. The van der Waals surface area contributed by atoms with Crippen LogP contribution in [0.15, 0.2) is 24.3 Å². The Hall–Kier alpha value is -1.49. The van der Waals surface area contributed by atoms with E-state index in [0.29, 0.717) is 11.3 Å². The van der Waals surface area contributed by atoms with E-state index in [1.54, 1.807) is 0 Å². The zero-order valence-corrected chi connectivity index (χ0v) is 8.11. The molecule has 1 aromatic rings. The van der Waals surface area contributed by atoms with Crippen LogP contribution in [0.5, 0.6) is 5.75 Å². The average molecular weight is 215 g/mol. The van der Waals surface area contributed by atoms with Gasteiger partial charge in [0.25, 0.3) is 6.43 Å². The molecule has 82 valence electrons. The fraction of sp³-hybridized carbons (Fsp3) is 0.300. The largest absolute Gasteiger partial charge is 0.427 e. The minimum atomic E-state index is -2.61. The molecule has 0 saturated carbocycles. The van der Waals surface area contributed by atoms with Crippen molar-refractivity contribution in [3.05, 3.63) is 29.8 Å². The number of halogens is 2. The summed E-state index contributed by atoms with van der Waals surface area (Å²) in [5.41, 5.74) is 5.54. The molecule has 1 aromatic carbocycles. The number of hydrogen-bond donors (Lipinski definition) is 1. The summed E-state index contributed by atoms with van der Waals surface area (Å²) in [5.74, 6) is -0.145. The van der Waals surface area contributed by atoms with Gasteiger partial charge in [0.2, 0.25) is 0 Å². The molecule has 0 unspecified atom stereocenters. The van der Waals surface area contributed by atoms with Crippen molar-refractivity contribution in [3.8, 4) is 5.75 Å². The quantitative estimate of drug-likeness (QED) is 0.618. The van der Waals surface area contributed by atoms with Gasteiger partial charge in [0.05, 0.1) is 6.04 Å². The maximum absolute atomic E-state index is 12.2. The maximum atomic E-state index is 12.2.